The maximum absolute atomic E-state index is 13.0. The van der Waals surface area contributed by atoms with E-state index in [2.05, 4.69) is 11.9 Å². The molecule has 1 saturated heterocycles. The predicted molar refractivity (Wildman–Crippen MR) is 95.6 cm³/mol. The Balaban J connectivity index is 1.89. The zero-order valence-electron chi connectivity index (χ0n) is 13.0. The van der Waals surface area contributed by atoms with Crippen molar-refractivity contribution < 1.29 is 4.79 Å². The van der Waals surface area contributed by atoms with Crippen LogP contribution in [0.5, 0.6) is 0 Å². The van der Waals surface area contributed by atoms with E-state index >= 15 is 0 Å². The molecular formula is C19H19Cl2NO. The maximum atomic E-state index is 13.0. The molecule has 0 N–H and O–H groups in total. The Morgan fingerprint density at radius 3 is 2.17 bits per heavy atom. The van der Waals surface area contributed by atoms with E-state index in [0.717, 1.165) is 30.1 Å². The fourth-order valence-corrected chi connectivity index (χ4v) is 3.56. The second-order valence-electron chi connectivity index (χ2n) is 6.19. The molecule has 0 aliphatic carbocycles. The summed E-state index contributed by atoms with van der Waals surface area (Å²) >= 11 is 11.9. The minimum atomic E-state index is -0.00597. The van der Waals surface area contributed by atoms with Gasteiger partial charge in [0.25, 0.3) is 0 Å². The number of likely N-dealkylation sites (N-methyl/N-ethyl adjacent to an activating group) is 1. The van der Waals surface area contributed by atoms with E-state index in [4.69, 9.17) is 23.2 Å². The van der Waals surface area contributed by atoms with Gasteiger partial charge in [0.15, 0.2) is 5.78 Å². The van der Waals surface area contributed by atoms with Crippen LogP contribution in [0.3, 0.4) is 0 Å². The van der Waals surface area contributed by atoms with Crippen LogP contribution in [-0.2, 0) is 0 Å². The molecule has 0 spiro atoms. The fraction of sp³-hybridized carbons (Fsp3) is 0.316. The van der Waals surface area contributed by atoms with Crippen LogP contribution in [0.4, 0.5) is 0 Å². The first-order chi connectivity index (χ1) is 11.0. The van der Waals surface area contributed by atoms with Crippen molar-refractivity contribution in [1.82, 2.24) is 4.90 Å². The average molecular weight is 348 g/mol. The smallest absolute Gasteiger partial charge is 0.166 e. The maximum Gasteiger partial charge on any atom is 0.166 e. The Bertz CT molecular complexity index is 682. The number of likely N-dealkylation sites (tertiary alicyclic amines) is 1. The van der Waals surface area contributed by atoms with Gasteiger partial charge in [-0.15, -0.1) is 0 Å². The first-order valence-electron chi connectivity index (χ1n) is 7.78. The summed E-state index contributed by atoms with van der Waals surface area (Å²) in [5.41, 5.74) is 1.91. The molecule has 0 radical (unpaired) electrons. The molecule has 23 heavy (non-hydrogen) atoms. The van der Waals surface area contributed by atoms with Crippen LogP contribution in [0.15, 0.2) is 48.5 Å². The number of carbonyl (C=O) groups is 1. The van der Waals surface area contributed by atoms with Gasteiger partial charge in [0.2, 0.25) is 0 Å². The molecule has 0 bridgehead atoms. The van der Waals surface area contributed by atoms with Gasteiger partial charge in [-0.1, -0.05) is 35.3 Å². The molecule has 1 fully saturated rings. The monoisotopic (exact) mass is 347 g/mol. The second kappa shape index (κ2) is 7.04. The van der Waals surface area contributed by atoms with Crippen molar-refractivity contribution in [2.75, 3.05) is 20.1 Å². The number of ketones is 1. The quantitative estimate of drug-likeness (QED) is 0.735. The Morgan fingerprint density at radius 2 is 1.57 bits per heavy atom. The molecule has 0 aromatic heterocycles. The van der Waals surface area contributed by atoms with Gasteiger partial charge in [0.1, 0.15) is 0 Å². The molecule has 120 valence electrons. The largest absolute Gasteiger partial charge is 0.306 e. The number of carbonyl (C=O) groups excluding carboxylic acids is 1. The molecular weight excluding hydrogens is 329 g/mol. The number of hydrogen-bond donors (Lipinski definition) is 0. The highest BCUT2D eigenvalue weighted by Crippen LogP contribution is 2.35. The highest BCUT2D eigenvalue weighted by atomic mass is 35.5. The molecule has 2 unspecified atom stereocenters. The number of halogens is 2. The lowest BCUT2D eigenvalue weighted by Gasteiger charge is -2.36. The summed E-state index contributed by atoms with van der Waals surface area (Å²) in [6.45, 7) is 1.82. The second-order valence-corrected chi connectivity index (χ2v) is 7.06. The van der Waals surface area contributed by atoms with Gasteiger partial charge in [-0.25, -0.2) is 0 Å². The molecule has 2 aromatic carbocycles. The standard InChI is InChI=1S/C19H19Cl2NO/c1-22-11-10-17(19(23)14-4-8-16(21)9-5-14)18(12-22)13-2-6-15(20)7-3-13/h2-9,17-18H,10-12H2,1H3. The molecule has 0 saturated carbocycles. The number of piperidine rings is 1. The fourth-order valence-electron chi connectivity index (χ4n) is 3.30. The molecule has 1 aliphatic rings. The van der Waals surface area contributed by atoms with E-state index in [9.17, 15) is 4.79 Å². The number of benzene rings is 2. The predicted octanol–water partition coefficient (Wildman–Crippen LogP) is 4.91. The number of nitrogens with zero attached hydrogens (tertiary/aromatic N) is 1. The topological polar surface area (TPSA) is 20.3 Å². The number of rotatable bonds is 3. The van der Waals surface area contributed by atoms with Crippen molar-refractivity contribution in [1.29, 1.82) is 0 Å². The molecule has 2 atom stereocenters. The summed E-state index contributed by atoms with van der Waals surface area (Å²) in [4.78, 5) is 15.3. The van der Waals surface area contributed by atoms with Gasteiger partial charge in [-0.2, -0.15) is 0 Å². The van der Waals surface area contributed by atoms with Crippen LogP contribution in [0.2, 0.25) is 10.0 Å². The Morgan fingerprint density at radius 1 is 1.00 bits per heavy atom. The van der Waals surface area contributed by atoms with Crippen LogP contribution in [-0.4, -0.2) is 30.8 Å². The molecule has 4 heteroatoms. The van der Waals surface area contributed by atoms with E-state index in [1.165, 1.54) is 5.56 Å². The van der Waals surface area contributed by atoms with Crippen LogP contribution in [0.1, 0.15) is 28.3 Å². The SMILES string of the molecule is CN1CCC(C(=O)c2ccc(Cl)cc2)C(c2ccc(Cl)cc2)C1. The summed E-state index contributed by atoms with van der Waals surface area (Å²) in [5, 5.41) is 1.37. The average Bonchev–Trinajstić information content (AvgIpc) is 2.55. The third kappa shape index (κ3) is 3.77. The van der Waals surface area contributed by atoms with Gasteiger partial charge >= 0.3 is 0 Å². The van der Waals surface area contributed by atoms with Crippen LogP contribution in [0.25, 0.3) is 0 Å². The van der Waals surface area contributed by atoms with Crippen molar-refractivity contribution in [3.05, 3.63) is 69.7 Å². The Labute approximate surface area is 147 Å². The van der Waals surface area contributed by atoms with Crippen molar-refractivity contribution in [2.24, 2.45) is 5.92 Å². The van der Waals surface area contributed by atoms with Gasteiger partial charge in [0.05, 0.1) is 0 Å². The van der Waals surface area contributed by atoms with E-state index in [0.29, 0.717) is 5.02 Å². The molecule has 1 heterocycles. The third-order valence-corrected chi connectivity index (χ3v) is 5.08. The normalized spacial score (nSPS) is 22.0. The van der Waals surface area contributed by atoms with Gasteiger partial charge in [-0.05, 0) is 62.0 Å². The molecule has 3 rings (SSSR count). The summed E-state index contributed by atoms with van der Waals surface area (Å²) in [5.74, 6) is 0.387. The zero-order valence-corrected chi connectivity index (χ0v) is 14.5. The summed E-state index contributed by atoms with van der Waals surface area (Å²) in [6.07, 6.45) is 0.866. The summed E-state index contributed by atoms with van der Waals surface area (Å²) in [6, 6.07) is 15.1. The summed E-state index contributed by atoms with van der Waals surface area (Å²) < 4.78 is 0. The van der Waals surface area contributed by atoms with E-state index in [1.807, 2.05) is 36.4 Å². The lowest BCUT2D eigenvalue weighted by Crippen LogP contribution is -2.40. The first kappa shape index (κ1) is 16.5. The van der Waals surface area contributed by atoms with E-state index in [1.54, 1.807) is 12.1 Å². The zero-order chi connectivity index (χ0) is 16.4. The lowest BCUT2D eigenvalue weighted by molar-refractivity contribution is 0.0822. The summed E-state index contributed by atoms with van der Waals surface area (Å²) in [7, 11) is 2.10. The molecule has 2 aromatic rings. The van der Waals surface area contributed by atoms with Crippen LogP contribution >= 0.6 is 23.2 Å². The van der Waals surface area contributed by atoms with Gasteiger partial charge in [0, 0.05) is 34.0 Å². The van der Waals surface area contributed by atoms with E-state index < -0.39 is 0 Å². The van der Waals surface area contributed by atoms with Gasteiger partial charge < -0.3 is 4.90 Å². The van der Waals surface area contributed by atoms with Crippen molar-refractivity contribution >= 4 is 29.0 Å². The highest BCUT2D eigenvalue weighted by molar-refractivity contribution is 6.30. The minimum absolute atomic E-state index is 0.00597. The van der Waals surface area contributed by atoms with Crippen molar-refractivity contribution in [3.8, 4) is 0 Å². The van der Waals surface area contributed by atoms with Crippen molar-refractivity contribution in [2.45, 2.75) is 12.3 Å². The molecule has 0 amide bonds. The Hall–Kier alpha value is -1.35. The number of Topliss-reactive ketones (excluding diaryl/α,β-unsaturated/α-hetero) is 1. The molecule has 1 aliphatic heterocycles. The van der Waals surface area contributed by atoms with E-state index in [-0.39, 0.29) is 17.6 Å². The molecule has 2 nitrogen and oxygen atoms in total. The lowest BCUT2D eigenvalue weighted by atomic mass is 9.77. The van der Waals surface area contributed by atoms with Gasteiger partial charge in [-0.3, -0.25) is 4.79 Å². The highest BCUT2D eigenvalue weighted by Gasteiger charge is 2.34. The van der Waals surface area contributed by atoms with Crippen LogP contribution < -0.4 is 0 Å². The Kier molecular flexibility index (Phi) is 5.05. The third-order valence-electron chi connectivity index (χ3n) is 4.58. The van der Waals surface area contributed by atoms with Crippen molar-refractivity contribution in [3.63, 3.8) is 0 Å². The van der Waals surface area contributed by atoms with Crippen LogP contribution in [0, 0.1) is 5.92 Å². The minimum Gasteiger partial charge on any atom is -0.306 e. The number of hydrogen-bond acceptors (Lipinski definition) is 2. The first-order valence-corrected chi connectivity index (χ1v) is 8.54.